The highest BCUT2D eigenvalue weighted by atomic mass is 32.1. The van der Waals surface area contributed by atoms with E-state index in [1.807, 2.05) is 6.92 Å². The Morgan fingerprint density at radius 1 is 1.07 bits per heavy atom. The van der Waals surface area contributed by atoms with E-state index in [9.17, 15) is 40.7 Å². The number of hydrogen-bond donors (Lipinski definition) is 1. The number of halogens is 6. The molecule has 0 radical (unpaired) electrons. The average Bonchev–Trinajstić information content (AvgIpc) is 3.63. The topological polar surface area (TPSA) is 119 Å². The predicted molar refractivity (Wildman–Crippen MR) is 191 cm³/mol. The van der Waals surface area contributed by atoms with Crippen LogP contribution in [0.15, 0.2) is 54.2 Å². The number of alkyl halides is 6. The molecule has 3 heterocycles. The molecule has 2 amide bonds. The number of carbonyl (C=O) groups excluding carboxylic acids is 2. The summed E-state index contributed by atoms with van der Waals surface area (Å²) in [7, 11) is 2.99. The second-order valence-electron chi connectivity index (χ2n) is 13.3. The molecule has 1 unspecified atom stereocenters. The molecule has 55 heavy (non-hydrogen) atoms. The van der Waals surface area contributed by atoms with Crippen molar-refractivity contribution in [1.29, 1.82) is 0 Å². The van der Waals surface area contributed by atoms with E-state index in [0.717, 1.165) is 28.7 Å². The predicted octanol–water partition coefficient (Wildman–Crippen LogP) is 8.45. The summed E-state index contributed by atoms with van der Waals surface area (Å²) < 4.78 is 102. The first-order valence-electron chi connectivity index (χ1n) is 17.9. The molecule has 10 nitrogen and oxygen atoms in total. The number of amides is 2. The summed E-state index contributed by atoms with van der Waals surface area (Å²) in [4.78, 5) is 45.3. The molecule has 3 aromatic rings. The number of benzene rings is 1. The Hall–Kier alpha value is -4.38. The zero-order valence-electron chi connectivity index (χ0n) is 31.0. The number of carbonyl (C=O) groups is 3. The van der Waals surface area contributed by atoms with Gasteiger partial charge in [-0.3, -0.25) is 19.4 Å². The fraction of sp³-hybridized carbons (Fsp3) is 0.526. The molecule has 2 aromatic heterocycles. The maximum absolute atomic E-state index is 14.9. The van der Waals surface area contributed by atoms with Crippen LogP contribution in [-0.4, -0.2) is 83.2 Å². The third-order valence-electron chi connectivity index (χ3n) is 9.89. The molecule has 1 saturated heterocycles. The first-order valence-corrected chi connectivity index (χ1v) is 18.7. The Morgan fingerprint density at radius 3 is 2.42 bits per heavy atom. The van der Waals surface area contributed by atoms with Crippen LogP contribution in [0.2, 0.25) is 0 Å². The van der Waals surface area contributed by atoms with Gasteiger partial charge in [-0.1, -0.05) is 38.5 Å². The van der Waals surface area contributed by atoms with Crippen molar-refractivity contribution in [3.63, 3.8) is 0 Å². The zero-order valence-corrected chi connectivity index (χ0v) is 31.8. The number of ether oxygens (including phenoxy) is 3. The van der Waals surface area contributed by atoms with Crippen LogP contribution < -0.4 is 9.47 Å². The number of methoxy groups -OCH3 is 1. The van der Waals surface area contributed by atoms with Gasteiger partial charge in [-0.2, -0.15) is 26.3 Å². The van der Waals surface area contributed by atoms with Crippen LogP contribution in [-0.2, 0) is 32.3 Å². The van der Waals surface area contributed by atoms with Gasteiger partial charge in [-0.05, 0) is 44.2 Å². The number of rotatable bonds is 17. The second kappa shape index (κ2) is 18.0. The number of thiophene rings is 1. The molecule has 1 aliphatic rings. The summed E-state index contributed by atoms with van der Waals surface area (Å²) in [5.41, 5.74) is -4.30. The number of para-hydroxylation sites is 1. The van der Waals surface area contributed by atoms with Crippen LogP contribution in [0.1, 0.15) is 91.6 Å². The lowest BCUT2D eigenvalue weighted by Crippen LogP contribution is -2.67. The van der Waals surface area contributed by atoms with Crippen LogP contribution in [0.25, 0.3) is 0 Å². The van der Waals surface area contributed by atoms with Crippen LogP contribution in [0.4, 0.5) is 26.3 Å². The number of likely N-dealkylation sites (tertiary alicyclic amines) is 1. The van der Waals surface area contributed by atoms with Crippen LogP contribution >= 0.6 is 11.3 Å². The summed E-state index contributed by atoms with van der Waals surface area (Å²) in [6.45, 7) is 3.73. The van der Waals surface area contributed by atoms with Gasteiger partial charge < -0.3 is 29.1 Å². The van der Waals surface area contributed by atoms with Gasteiger partial charge in [0.1, 0.15) is 16.4 Å². The molecule has 0 saturated carbocycles. The molecule has 3 atom stereocenters. The van der Waals surface area contributed by atoms with Gasteiger partial charge >= 0.3 is 18.3 Å². The van der Waals surface area contributed by atoms with E-state index in [-0.39, 0.29) is 64.0 Å². The number of carboxylic acid groups (broad SMARTS) is 1. The third kappa shape index (κ3) is 9.90. The van der Waals surface area contributed by atoms with Gasteiger partial charge in [-0.25, -0.2) is 0 Å². The number of likely N-dealkylation sites (N-methyl/N-ethyl adjacent to an activating group) is 1. The maximum Gasteiger partial charge on any atom is 0.425 e. The van der Waals surface area contributed by atoms with Crippen molar-refractivity contribution in [3.05, 3.63) is 75.7 Å². The smallest absolute Gasteiger partial charge is 0.425 e. The Bertz CT molecular complexity index is 1780. The van der Waals surface area contributed by atoms with Crippen LogP contribution in [0.5, 0.6) is 11.5 Å². The Morgan fingerprint density at radius 2 is 1.80 bits per heavy atom. The molecule has 302 valence electrons. The van der Waals surface area contributed by atoms with Crippen molar-refractivity contribution in [2.75, 3.05) is 33.9 Å². The summed E-state index contributed by atoms with van der Waals surface area (Å²) in [5, 5.41) is 10.1. The van der Waals surface area contributed by atoms with Crippen molar-refractivity contribution in [3.8, 4) is 11.5 Å². The SMILES string of the molecule is CCC[C@H]1N(C(=O)c2cnccc2C(F)(F)F)CCC[C@@]1(Oc1csc(C(F)(F)F)c1)C(=O)N(C)CCC(CC)(OC)c1ccccc1OCCCC(=O)O. The molecular weight excluding hydrogens is 756 g/mol. The van der Waals surface area contributed by atoms with Gasteiger partial charge in [0.15, 0.2) is 0 Å². The number of aromatic nitrogens is 1. The number of nitrogens with zero attached hydrogens (tertiary/aromatic N) is 3. The Kier molecular flexibility index (Phi) is 14.2. The number of carboxylic acids is 1. The lowest BCUT2D eigenvalue weighted by molar-refractivity contribution is -0.159. The summed E-state index contributed by atoms with van der Waals surface area (Å²) in [5.74, 6) is -2.47. The van der Waals surface area contributed by atoms with E-state index < -0.39 is 63.4 Å². The van der Waals surface area contributed by atoms with E-state index in [0.29, 0.717) is 41.6 Å². The van der Waals surface area contributed by atoms with Gasteiger partial charge in [0.25, 0.3) is 11.8 Å². The van der Waals surface area contributed by atoms with Crippen molar-refractivity contribution in [2.45, 2.75) is 94.8 Å². The lowest BCUT2D eigenvalue weighted by Gasteiger charge is -2.49. The zero-order chi connectivity index (χ0) is 40.6. The van der Waals surface area contributed by atoms with Gasteiger partial charge in [0.2, 0.25) is 5.60 Å². The minimum absolute atomic E-state index is 0.0179. The van der Waals surface area contributed by atoms with E-state index in [4.69, 9.17) is 19.3 Å². The summed E-state index contributed by atoms with van der Waals surface area (Å²) >= 11 is 0.368. The fourth-order valence-electron chi connectivity index (χ4n) is 7.11. The molecule has 1 aromatic carbocycles. The molecule has 1 aliphatic heterocycles. The molecule has 0 bridgehead atoms. The molecule has 17 heteroatoms. The molecule has 0 spiro atoms. The van der Waals surface area contributed by atoms with Crippen molar-refractivity contribution < 1.29 is 60.0 Å². The fourth-order valence-corrected chi connectivity index (χ4v) is 7.78. The normalized spacial score (nSPS) is 18.7. The molecule has 0 aliphatic carbocycles. The number of pyridine rings is 1. The third-order valence-corrected chi connectivity index (χ3v) is 10.8. The van der Waals surface area contributed by atoms with E-state index in [1.165, 1.54) is 19.1 Å². The average molecular weight is 802 g/mol. The van der Waals surface area contributed by atoms with E-state index in [2.05, 4.69) is 4.98 Å². The van der Waals surface area contributed by atoms with E-state index in [1.54, 1.807) is 31.2 Å². The minimum Gasteiger partial charge on any atom is -0.493 e. The largest absolute Gasteiger partial charge is 0.493 e. The monoisotopic (exact) mass is 801 g/mol. The molecular formula is C38H45F6N3O7S. The van der Waals surface area contributed by atoms with Crippen molar-refractivity contribution in [1.82, 2.24) is 14.8 Å². The highest BCUT2D eigenvalue weighted by Gasteiger charge is 2.55. The molecule has 1 fully saturated rings. The highest BCUT2D eigenvalue weighted by molar-refractivity contribution is 7.10. The molecule has 1 N–H and O–H groups in total. The number of aliphatic carboxylic acids is 1. The summed E-state index contributed by atoms with van der Waals surface area (Å²) in [6.07, 6.45) is -6.62. The Labute approximate surface area is 319 Å². The standard InChI is InChI=1S/C38H45F6N3O7S/c1-5-11-30-36(54-25-22-31(55-24-25)38(42,43)44,16-10-19-47(30)33(50)26-23-45-18-15-27(26)37(39,40)41)34(51)46(3)20-17-35(6-2,52-4)28-12-7-8-13-29(28)53-21-9-14-32(48)49/h7-8,12-13,15,18,22-24,30H,5-6,9-11,14,16-17,19-21H2,1-4H3,(H,48,49)/t30-,35?,36+/m1/s1. The van der Waals surface area contributed by atoms with Crippen LogP contribution in [0.3, 0.4) is 0 Å². The van der Waals surface area contributed by atoms with Gasteiger partial charge in [0, 0.05) is 69.5 Å². The van der Waals surface area contributed by atoms with Gasteiger partial charge in [-0.15, -0.1) is 11.3 Å². The minimum atomic E-state index is -4.90. The van der Waals surface area contributed by atoms with Crippen LogP contribution in [0, 0.1) is 0 Å². The summed E-state index contributed by atoms with van der Waals surface area (Å²) in [6, 6.07) is 7.35. The van der Waals surface area contributed by atoms with E-state index >= 15 is 0 Å². The first-order chi connectivity index (χ1) is 25.9. The molecule has 4 rings (SSSR count). The first kappa shape index (κ1) is 43.3. The number of piperidine rings is 1. The number of hydrogen-bond acceptors (Lipinski definition) is 8. The second-order valence-corrected chi connectivity index (χ2v) is 14.2. The van der Waals surface area contributed by atoms with Crippen molar-refractivity contribution in [2.24, 2.45) is 0 Å². The van der Waals surface area contributed by atoms with Gasteiger partial charge in [0.05, 0.1) is 29.4 Å². The Balaban J connectivity index is 1.73. The lowest BCUT2D eigenvalue weighted by atomic mass is 9.79. The quantitative estimate of drug-likeness (QED) is 0.107. The maximum atomic E-state index is 14.9. The highest BCUT2D eigenvalue weighted by Crippen LogP contribution is 2.44. The van der Waals surface area contributed by atoms with Crippen molar-refractivity contribution >= 4 is 29.1 Å².